The smallest absolute Gasteiger partial charge is 0.0437 e. The van der Waals surface area contributed by atoms with Crippen LogP contribution in [0.1, 0.15) is 24.5 Å². The summed E-state index contributed by atoms with van der Waals surface area (Å²) < 4.78 is 0. The van der Waals surface area contributed by atoms with Gasteiger partial charge in [0, 0.05) is 18.8 Å². The number of nitrogens with zero attached hydrogens (tertiary/aromatic N) is 1. The number of rotatable bonds is 5. The van der Waals surface area contributed by atoms with E-state index in [1.807, 2.05) is 0 Å². The average Bonchev–Trinajstić information content (AvgIpc) is 2.82. The Morgan fingerprint density at radius 3 is 2.65 bits per heavy atom. The van der Waals surface area contributed by atoms with E-state index in [1.165, 1.54) is 23.2 Å². The summed E-state index contributed by atoms with van der Waals surface area (Å²) in [6.07, 6.45) is 1.18. The number of benzene rings is 1. The maximum absolute atomic E-state index is 2.47. The van der Waals surface area contributed by atoms with Crippen molar-refractivity contribution in [2.75, 3.05) is 11.4 Å². The van der Waals surface area contributed by atoms with Crippen molar-refractivity contribution in [3.8, 4) is 0 Å². The van der Waals surface area contributed by atoms with Gasteiger partial charge in [-0.05, 0) is 47.4 Å². The van der Waals surface area contributed by atoms with Gasteiger partial charge in [0.2, 0.25) is 0 Å². The van der Waals surface area contributed by atoms with Crippen molar-refractivity contribution in [1.82, 2.24) is 0 Å². The van der Waals surface area contributed by atoms with Crippen molar-refractivity contribution in [1.29, 1.82) is 0 Å². The molecule has 0 spiro atoms. The van der Waals surface area contributed by atoms with Gasteiger partial charge in [0.15, 0.2) is 0 Å². The number of hydrogen-bond acceptors (Lipinski definition) is 2. The van der Waals surface area contributed by atoms with Gasteiger partial charge in [-0.1, -0.05) is 25.1 Å². The molecule has 2 rings (SSSR count). The fourth-order valence-electron chi connectivity index (χ4n) is 2.08. The molecule has 0 aliphatic carbocycles. The van der Waals surface area contributed by atoms with Gasteiger partial charge >= 0.3 is 0 Å². The molecular formula is C15H19NS. The molecule has 2 aromatic rings. The maximum atomic E-state index is 2.47. The van der Waals surface area contributed by atoms with Gasteiger partial charge in [0.05, 0.1) is 0 Å². The van der Waals surface area contributed by atoms with Crippen LogP contribution >= 0.6 is 11.3 Å². The SMILES string of the molecule is CCCN(Cc1ccsc1)c1ccccc1C. The first-order chi connectivity index (χ1) is 8.31. The molecule has 0 saturated carbocycles. The Balaban J connectivity index is 2.20. The second kappa shape index (κ2) is 5.87. The van der Waals surface area contributed by atoms with Gasteiger partial charge in [-0.25, -0.2) is 0 Å². The third-order valence-electron chi connectivity index (χ3n) is 2.90. The Kier molecular flexibility index (Phi) is 4.21. The summed E-state index contributed by atoms with van der Waals surface area (Å²) in [6.45, 7) is 6.55. The lowest BCUT2D eigenvalue weighted by Crippen LogP contribution is -2.23. The number of thiophene rings is 1. The Labute approximate surface area is 108 Å². The lowest BCUT2D eigenvalue weighted by Gasteiger charge is -2.25. The van der Waals surface area contributed by atoms with E-state index < -0.39 is 0 Å². The molecule has 1 aromatic heterocycles. The summed E-state index contributed by atoms with van der Waals surface area (Å²) in [6, 6.07) is 10.8. The van der Waals surface area contributed by atoms with E-state index in [0.29, 0.717) is 0 Å². The summed E-state index contributed by atoms with van der Waals surface area (Å²) in [4.78, 5) is 2.47. The summed E-state index contributed by atoms with van der Waals surface area (Å²) in [5.74, 6) is 0. The van der Waals surface area contributed by atoms with Crippen molar-refractivity contribution in [3.63, 3.8) is 0 Å². The normalized spacial score (nSPS) is 10.5. The van der Waals surface area contributed by atoms with Crippen LogP contribution in [0.3, 0.4) is 0 Å². The molecule has 1 nitrogen and oxygen atoms in total. The summed E-state index contributed by atoms with van der Waals surface area (Å²) >= 11 is 1.77. The molecule has 0 unspecified atom stereocenters. The number of aryl methyl sites for hydroxylation is 1. The number of para-hydroxylation sites is 1. The molecule has 0 bridgehead atoms. The van der Waals surface area contributed by atoms with Gasteiger partial charge in [-0.2, -0.15) is 11.3 Å². The van der Waals surface area contributed by atoms with Crippen LogP contribution in [-0.4, -0.2) is 6.54 Å². The van der Waals surface area contributed by atoms with Crippen LogP contribution in [0.5, 0.6) is 0 Å². The van der Waals surface area contributed by atoms with Crippen molar-refractivity contribution in [2.45, 2.75) is 26.8 Å². The third kappa shape index (κ3) is 3.10. The molecule has 0 aliphatic heterocycles. The molecule has 1 heterocycles. The van der Waals surface area contributed by atoms with Crippen molar-refractivity contribution in [2.24, 2.45) is 0 Å². The molecule has 0 fully saturated rings. The van der Waals surface area contributed by atoms with Crippen LogP contribution < -0.4 is 4.90 Å². The van der Waals surface area contributed by atoms with E-state index >= 15 is 0 Å². The monoisotopic (exact) mass is 245 g/mol. The van der Waals surface area contributed by atoms with E-state index in [1.54, 1.807) is 11.3 Å². The second-order valence-electron chi connectivity index (χ2n) is 4.34. The van der Waals surface area contributed by atoms with Crippen LogP contribution in [0.2, 0.25) is 0 Å². The van der Waals surface area contributed by atoms with Crippen LogP contribution in [0.4, 0.5) is 5.69 Å². The molecule has 2 heteroatoms. The van der Waals surface area contributed by atoms with Gasteiger partial charge in [0.25, 0.3) is 0 Å². The standard InChI is InChI=1S/C15H19NS/c1-3-9-16(11-14-8-10-17-12-14)15-7-5-4-6-13(15)2/h4-8,10,12H,3,9,11H2,1-2H3. The number of hydrogen-bond donors (Lipinski definition) is 0. The Hall–Kier alpha value is -1.28. The van der Waals surface area contributed by atoms with Gasteiger partial charge in [-0.3, -0.25) is 0 Å². The fourth-order valence-corrected chi connectivity index (χ4v) is 2.74. The molecule has 0 N–H and O–H groups in total. The minimum atomic E-state index is 1.02. The molecule has 0 atom stereocenters. The second-order valence-corrected chi connectivity index (χ2v) is 5.12. The highest BCUT2D eigenvalue weighted by atomic mass is 32.1. The zero-order chi connectivity index (χ0) is 12.1. The lowest BCUT2D eigenvalue weighted by molar-refractivity contribution is 0.766. The van der Waals surface area contributed by atoms with Crippen LogP contribution in [0.15, 0.2) is 41.1 Å². The first-order valence-corrected chi connectivity index (χ1v) is 7.07. The molecule has 17 heavy (non-hydrogen) atoms. The quantitative estimate of drug-likeness (QED) is 0.751. The fraction of sp³-hybridized carbons (Fsp3) is 0.333. The van der Waals surface area contributed by atoms with Crippen molar-refractivity contribution >= 4 is 17.0 Å². The molecule has 90 valence electrons. The first kappa shape index (κ1) is 12.2. The van der Waals surface area contributed by atoms with Gasteiger partial charge in [0.1, 0.15) is 0 Å². The lowest BCUT2D eigenvalue weighted by atomic mass is 10.1. The molecule has 0 aliphatic rings. The van der Waals surface area contributed by atoms with Crippen molar-refractivity contribution < 1.29 is 0 Å². The van der Waals surface area contributed by atoms with Crippen LogP contribution in [0.25, 0.3) is 0 Å². The minimum absolute atomic E-state index is 1.02. The maximum Gasteiger partial charge on any atom is 0.0437 e. The summed E-state index contributed by atoms with van der Waals surface area (Å²) in [7, 11) is 0. The summed E-state index contributed by atoms with van der Waals surface area (Å²) in [5, 5.41) is 4.39. The molecular weight excluding hydrogens is 226 g/mol. The van der Waals surface area contributed by atoms with E-state index in [-0.39, 0.29) is 0 Å². The van der Waals surface area contributed by atoms with E-state index in [2.05, 4.69) is 59.8 Å². The first-order valence-electron chi connectivity index (χ1n) is 6.13. The summed E-state index contributed by atoms with van der Waals surface area (Å²) in [5.41, 5.74) is 4.13. The van der Waals surface area contributed by atoms with Gasteiger partial charge < -0.3 is 4.90 Å². The van der Waals surface area contributed by atoms with Gasteiger partial charge in [-0.15, -0.1) is 0 Å². The zero-order valence-electron chi connectivity index (χ0n) is 10.5. The zero-order valence-corrected chi connectivity index (χ0v) is 11.3. The molecule has 0 amide bonds. The predicted octanol–water partition coefficient (Wildman–Crippen LogP) is 4.47. The Morgan fingerprint density at radius 1 is 1.18 bits per heavy atom. The van der Waals surface area contributed by atoms with Crippen LogP contribution in [-0.2, 0) is 6.54 Å². The Bertz CT molecular complexity index is 448. The van der Waals surface area contributed by atoms with E-state index in [0.717, 1.165) is 13.1 Å². The highest BCUT2D eigenvalue weighted by molar-refractivity contribution is 7.07. The number of anilines is 1. The molecule has 0 saturated heterocycles. The molecule has 1 aromatic carbocycles. The van der Waals surface area contributed by atoms with E-state index in [9.17, 15) is 0 Å². The van der Waals surface area contributed by atoms with Crippen LogP contribution in [0, 0.1) is 6.92 Å². The van der Waals surface area contributed by atoms with E-state index in [4.69, 9.17) is 0 Å². The Morgan fingerprint density at radius 2 is 2.00 bits per heavy atom. The molecule has 0 radical (unpaired) electrons. The predicted molar refractivity (Wildman–Crippen MR) is 76.8 cm³/mol. The highest BCUT2D eigenvalue weighted by Crippen LogP contribution is 2.22. The highest BCUT2D eigenvalue weighted by Gasteiger charge is 2.08. The minimum Gasteiger partial charge on any atom is -0.367 e. The topological polar surface area (TPSA) is 3.24 Å². The average molecular weight is 245 g/mol. The third-order valence-corrected chi connectivity index (χ3v) is 3.64. The van der Waals surface area contributed by atoms with Crippen molar-refractivity contribution in [3.05, 3.63) is 52.2 Å². The largest absolute Gasteiger partial charge is 0.367 e.